The fourth-order valence-electron chi connectivity index (χ4n) is 2.67. The van der Waals surface area contributed by atoms with Crippen molar-refractivity contribution in [3.8, 4) is 0 Å². The van der Waals surface area contributed by atoms with E-state index in [9.17, 15) is 10.1 Å². The summed E-state index contributed by atoms with van der Waals surface area (Å²) in [6.07, 6.45) is 1.08. The average molecular weight is 283 g/mol. The molecule has 2 heterocycles. The third kappa shape index (κ3) is 3.32. The third-order valence-electron chi connectivity index (χ3n) is 3.86. The molecule has 6 heteroatoms. The van der Waals surface area contributed by atoms with E-state index in [2.05, 4.69) is 24.1 Å². The molecule has 19 heavy (non-hydrogen) atoms. The summed E-state index contributed by atoms with van der Waals surface area (Å²) in [5, 5.41) is 16.4. The zero-order chi connectivity index (χ0) is 13.8. The van der Waals surface area contributed by atoms with Crippen LogP contribution in [-0.2, 0) is 0 Å². The molecule has 1 aliphatic rings. The van der Waals surface area contributed by atoms with Gasteiger partial charge in [-0.05, 0) is 11.5 Å². The molecule has 1 unspecified atom stereocenters. The molecule has 1 saturated heterocycles. The van der Waals surface area contributed by atoms with Crippen molar-refractivity contribution in [2.24, 2.45) is 5.92 Å². The summed E-state index contributed by atoms with van der Waals surface area (Å²) < 4.78 is 0. The van der Waals surface area contributed by atoms with Crippen LogP contribution >= 0.6 is 11.3 Å². The minimum Gasteiger partial charge on any atom is -0.314 e. The van der Waals surface area contributed by atoms with Crippen LogP contribution in [0, 0.1) is 16.0 Å². The molecule has 5 nitrogen and oxygen atoms in total. The van der Waals surface area contributed by atoms with E-state index in [1.54, 1.807) is 6.07 Å². The number of hydrogen-bond acceptors (Lipinski definition) is 5. The molecule has 2 rings (SSSR count). The van der Waals surface area contributed by atoms with Crippen molar-refractivity contribution in [1.82, 2.24) is 10.2 Å². The van der Waals surface area contributed by atoms with Gasteiger partial charge in [0, 0.05) is 43.7 Å². The van der Waals surface area contributed by atoms with Crippen LogP contribution in [0.3, 0.4) is 0 Å². The topological polar surface area (TPSA) is 58.4 Å². The summed E-state index contributed by atoms with van der Waals surface area (Å²) in [6, 6.07) is 2.06. The summed E-state index contributed by atoms with van der Waals surface area (Å²) in [6.45, 7) is 8.44. The Bertz CT molecular complexity index is 429. The van der Waals surface area contributed by atoms with Crippen molar-refractivity contribution in [2.45, 2.75) is 26.3 Å². The molecule has 0 bridgehead atoms. The molecule has 1 aliphatic heterocycles. The molecule has 1 fully saturated rings. The van der Waals surface area contributed by atoms with Gasteiger partial charge in [-0.1, -0.05) is 31.6 Å². The lowest BCUT2D eigenvalue weighted by Crippen LogP contribution is -2.46. The second-order valence-electron chi connectivity index (χ2n) is 5.09. The Morgan fingerprint density at radius 1 is 1.53 bits per heavy atom. The Kier molecular flexibility index (Phi) is 4.90. The Morgan fingerprint density at radius 3 is 2.74 bits per heavy atom. The predicted molar refractivity (Wildman–Crippen MR) is 77.6 cm³/mol. The van der Waals surface area contributed by atoms with Gasteiger partial charge in [-0.3, -0.25) is 15.0 Å². The van der Waals surface area contributed by atoms with Gasteiger partial charge in [0.1, 0.15) is 0 Å². The molecular weight excluding hydrogens is 262 g/mol. The van der Waals surface area contributed by atoms with Crippen LogP contribution in [0.4, 0.5) is 5.00 Å². The van der Waals surface area contributed by atoms with Crippen LogP contribution in [0.5, 0.6) is 0 Å². The lowest BCUT2D eigenvalue weighted by Gasteiger charge is -2.37. The number of nitrogens with zero attached hydrogens (tertiary/aromatic N) is 2. The number of piperazine rings is 1. The number of nitrogens with one attached hydrogen (secondary N) is 1. The maximum absolute atomic E-state index is 10.8. The lowest BCUT2D eigenvalue weighted by molar-refractivity contribution is -0.380. The molecule has 0 saturated carbocycles. The average Bonchev–Trinajstić information content (AvgIpc) is 2.89. The Hall–Kier alpha value is -0.980. The van der Waals surface area contributed by atoms with E-state index in [1.807, 2.05) is 5.38 Å². The number of hydrogen-bond donors (Lipinski definition) is 1. The molecule has 1 aromatic heterocycles. The Morgan fingerprint density at radius 2 is 2.21 bits per heavy atom. The summed E-state index contributed by atoms with van der Waals surface area (Å²) >= 11 is 1.24. The van der Waals surface area contributed by atoms with Gasteiger partial charge in [-0.15, -0.1) is 0 Å². The van der Waals surface area contributed by atoms with Crippen LogP contribution < -0.4 is 5.32 Å². The molecule has 2 atom stereocenters. The number of thiophene rings is 1. The normalized spacial score (nSPS) is 20.1. The monoisotopic (exact) mass is 283 g/mol. The van der Waals surface area contributed by atoms with Crippen LogP contribution in [0.25, 0.3) is 0 Å². The molecule has 1 N–H and O–H groups in total. The highest BCUT2D eigenvalue weighted by molar-refractivity contribution is 7.13. The molecule has 0 amide bonds. The van der Waals surface area contributed by atoms with Crippen molar-refractivity contribution >= 4 is 16.3 Å². The van der Waals surface area contributed by atoms with Crippen molar-refractivity contribution < 1.29 is 4.92 Å². The third-order valence-corrected chi connectivity index (χ3v) is 4.75. The molecule has 0 radical (unpaired) electrons. The summed E-state index contributed by atoms with van der Waals surface area (Å²) in [5.41, 5.74) is 1.10. The van der Waals surface area contributed by atoms with Crippen molar-refractivity contribution in [2.75, 3.05) is 26.2 Å². The highest BCUT2D eigenvalue weighted by Gasteiger charge is 2.28. The van der Waals surface area contributed by atoms with Gasteiger partial charge < -0.3 is 5.32 Å². The summed E-state index contributed by atoms with van der Waals surface area (Å²) in [4.78, 5) is 13.0. The molecule has 1 aromatic rings. The van der Waals surface area contributed by atoms with E-state index in [1.165, 1.54) is 11.3 Å². The van der Waals surface area contributed by atoms with Crippen LogP contribution in [0.2, 0.25) is 0 Å². The number of rotatable bonds is 5. The zero-order valence-corrected chi connectivity index (χ0v) is 12.3. The quantitative estimate of drug-likeness (QED) is 0.666. The molecule has 106 valence electrons. The molecule has 0 aliphatic carbocycles. The first-order chi connectivity index (χ1) is 9.13. The van der Waals surface area contributed by atoms with Crippen LogP contribution in [0.15, 0.2) is 11.4 Å². The fourth-order valence-corrected chi connectivity index (χ4v) is 3.43. The second kappa shape index (κ2) is 6.45. The second-order valence-corrected chi connectivity index (χ2v) is 5.98. The van der Waals surface area contributed by atoms with E-state index in [-0.39, 0.29) is 9.92 Å². The van der Waals surface area contributed by atoms with E-state index >= 15 is 0 Å². The minimum absolute atomic E-state index is 0.249. The van der Waals surface area contributed by atoms with Gasteiger partial charge in [0.15, 0.2) is 0 Å². The molecule has 0 spiro atoms. The van der Waals surface area contributed by atoms with Gasteiger partial charge in [0.05, 0.1) is 4.92 Å². The van der Waals surface area contributed by atoms with Gasteiger partial charge in [-0.2, -0.15) is 0 Å². The van der Waals surface area contributed by atoms with Crippen molar-refractivity contribution in [3.05, 3.63) is 27.1 Å². The maximum Gasteiger partial charge on any atom is 0.324 e. The standard InChI is InChI=1S/C13H21N3O2S/c1-3-10(2)13(15-6-4-14-5-7-15)11-8-12(16(17)18)19-9-11/h8-10,13-14H,3-7H2,1-2H3/t10?,13-/m0/s1. The largest absolute Gasteiger partial charge is 0.324 e. The van der Waals surface area contributed by atoms with Crippen LogP contribution in [-0.4, -0.2) is 36.0 Å². The first-order valence-electron chi connectivity index (χ1n) is 6.81. The van der Waals surface area contributed by atoms with Gasteiger partial charge in [0.25, 0.3) is 0 Å². The van der Waals surface area contributed by atoms with E-state index in [0.29, 0.717) is 12.0 Å². The highest BCUT2D eigenvalue weighted by Crippen LogP contribution is 2.35. The lowest BCUT2D eigenvalue weighted by atomic mass is 9.92. The molecular formula is C13H21N3O2S. The summed E-state index contributed by atoms with van der Waals surface area (Å²) in [5.74, 6) is 0.507. The summed E-state index contributed by atoms with van der Waals surface area (Å²) in [7, 11) is 0. The Labute approximate surface area is 117 Å². The van der Waals surface area contributed by atoms with Gasteiger partial charge in [-0.25, -0.2) is 0 Å². The van der Waals surface area contributed by atoms with Crippen molar-refractivity contribution in [3.63, 3.8) is 0 Å². The highest BCUT2D eigenvalue weighted by atomic mass is 32.1. The van der Waals surface area contributed by atoms with Gasteiger partial charge in [0.2, 0.25) is 0 Å². The molecule has 0 aromatic carbocycles. The fraction of sp³-hybridized carbons (Fsp3) is 0.692. The maximum atomic E-state index is 10.8. The SMILES string of the molecule is CCC(C)[C@@H](c1csc([N+](=O)[O-])c1)N1CCNCC1. The van der Waals surface area contributed by atoms with E-state index in [0.717, 1.165) is 38.2 Å². The van der Waals surface area contributed by atoms with E-state index < -0.39 is 0 Å². The smallest absolute Gasteiger partial charge is 0.314 e. The minimum atomic E-state index is -0.292. The van der Waals surface area contributed by atoms with Crippen molar-refractivity contribution in [1.29, 1.82) is 0 Å². The Balaban J connectivity index is 2.22. The first kappa shape index (κ1) is 14.4. The van der Waals surface area contributed by atoms with Crippen LogP contribution in [0.1, 0.15) is 31.9 Å². The predicted octanol–water partition coefficient (Wildman–Crippen LogP) is 2.65. The number of nitro groups is 1. The van der Waals surface area contributed by atoms with Gasteiger partial charge >= 0.3 is 5.00 Å². The zero-order valence-electron chi connectivity index (χ0n) is 11.5. The van der Waals surface area contributed by atoms with E-state index in [4.69, 9.17) is 0 Å². The first-order valence-corrected chi connectivity index (χ1v) is 7.69.